The third kappa shape index (κ3) is 3.35. The monoisotopic (exact) mass is 265 g/mol. The standard InChI is InChI=1S/C15H14F3N/c1-19-15(8-10-2-5-12(16)6-3-10)11-4-7-13(17)14(18)9-11/h2-7,9,15,19H,8H2,1H3. The third-order valence-electron chi connectivity index (χ3n) is 3.05. The van der Waals surface area contributed by atoms with E-state index in [1.54, 1.807) is 25.2 Å². The van der Waals surface area contributed by atoms with Gasteiger partial charge in [-0.15, -0.1) is 0 Å². The van der Waals surface area contributed by atoms with Gasteiger partial charge in [0.05, 0.1) is 0 Å². The molecule has 0 aliphatic heterocycles. The van der Waals surface area contributed by atoms with Gasteiger partial charge in [-0.3, -0.25) is 0 Å². The molecule has 1 N–H and O–H groups in total. The maximum atomic E-state index is 13.2. The highest BCUT2D eigenvalue weighted by Crippen LogP contribution is 2.20. The Bertz CT molecular complexity index is 552. The van der Waals surface area contributed by atoms with Crippen molar-refractivity contribution in [2.24, 2.45) is 0 Å². The Morgan fingerprint density at radius 2 is 1.63 bits per heavy atom. The summed E-state index contributed by atoms with van der Waals surface area (Å²) in [7, 11) is 1.75. The van der Waals surface area contributed by atoms with Crippen LogP contribution in [0.25, 0.3) is 0 Å². The Hall–Kier alpha value is -1.81. The minimum Gasteiger partial charge on any atom is -0.313 e. The second-order valence-corrected chi connectivity index (χ2v) is 4.35. The quantitative estimate of drug-likeness (QED) is 0.890. The molecule has 0 aromatic heterocycles. The highest BCUT2D eigenvalue weighted by atomic mass is 19.2. The molecule has 2 aromatic rings. The molecule has 0 heterocycles. The molecule has 0 radical (unpaired) electrons. The first kappa shape index (κ1) is 13.6. The van der Waals surface area contributed by atoms with Crippen molar-refractivity contribution >= 4 is 0 Å². The molecule has 2 rings (SSSR count). The van der Waals surface area contributed by atoms with Gasteiger partial charge >= 0.3 is 0 Å². The Morgan fingerprint density at radius 3 is 2.21 bits per heavy atom. The highest BCUT2D eigenvalue weighted by molar-refractivity contribution is 5.25. The zero-order valence-corrected chi connectivity index (χ0v) is 10.5. The smallest absolute Gasteiger partial charge is 0.159 e. The SMILES string of the molecule is CNC(Cc1ccc(F)cc1)c1ccc(F)c(F)c1. The summed E-state index contributed by atoms with van der Waals surface area (Å²) in [6.07, 6.45) is 0.571. The van der Waals surface area contributed by atoms with Gasteiger partial charge in [0.2, 0.25) is 0 Å². The van der Waals surface area contributed by atoms with E-state index in [1.165, 1.54) is 18.2 Å². The van der Waals surface area contributed by atoms with E-state index in [2.05, 4.69) is 5.32 Å². The van der Waals surface area contributed by atoms with Gasteiger partial charge in [-0.25, -0.2) is 13.2 Å². The molecule has 0 spiro atoms. The summed E-state index contributed by atoms with van der Waals surface area (Å²) in [5, 5.41) is 3.05. The number of likely N-dealkylation sites (N-methyl/N-ethyl adjacent to an activating group) is 1. The Labute approximate surface area is 110 Å². The van der Waals surface area contributed by atoms with Crippen LogP contribution in [0.15, 0.2) is 42.5 Å². The highest BCUT2D eigenvalue weighted by Gasteiger charge is 2.12. The molecule has 100 valence electrons. The van der Waals surface area contributed by atoms with E-state index in [-0.39, 0.29) is 11.9 Å². The summed E-state index contributed by atoms with van der Waals surface area (Å²) in [5.74, 6) is -2.02. The summed E-state index contributed by atoms with van der Waals surface area (Å²) in [6, 6.07) is 9.81. The van der Waals surface area contributed by atoms with E-state index in [0.717, 1.165) is 11.6 Å². The number of nitrogens with one attached hydrogen (secondary N) is 1. The lowest BCUT2D eigenvalue weighted by Gasteiger charge is -2.17. The number of hydrogen-bond acceptors (Lipinski definition) is 1. The zero-order valence-electron chi connectivity index (χ0n) is 10.5. The molecular weight excluding hydrogens is 251 g/mol. The van der Waals surface area contributed by atoms with Crippen LogP contribution in [-0.2, 0) is 6.42 Å². The van der Waals surface area contributed by atoms with E-state index >= 15 is 0 Å². The first-order valence-electron chi connectivity index (χ1n) is 5.97. The van der Waals surface area contributed by atoms with Gasteiger partial charge in [0, 0.05) is 6.04 Å². The lowest BCUT2D eigenvalue weighted by atomic mass is 9.99. The van der Waals surface area contributed by atoms with Crippen LogP contribution in [0.2, 0.25) is 0 Å². The Kier molecular flexibility index (Phi) is 4.22. The molecule has 0 aliphatic rings. The van der Waals surface area contributed by atoms with E-state index in [9.17, 15) is 13.2 Å². The van der Waals surface area contributed by atoms with E-state index in [1.807, 2.05) is 0 Å². The van der Waals surface area contributed by atoms with E-state index in [4.69, 9.17) is 0 Å². The second kappa shape index (κ2) is 5.89. The minimum absolute atomic E-state index is 0.152. The van der Waals surface area contributed by atoms with Crippen LogP contribution in [0.3, 0.4) is 0 Å². The summed E-state index contributed by atoms with van der Waals surface area (Å²) in [5.41, 5.74) is 1.58. The maximum Gasteiger partial charge on any atom is 0.159 e. The molecule has 0 saturated heterocycles. The maximum absolute atomic E-state index is 13.2. The number of rotatable bonds is 4. The van der Waals surface area contributed by atoms with Crippen molar-refractivity contribution in [3.05, 3.63) is 71.0 Å². The molecular formula is C15H14F3N. The van der Waals surface area contributed by atoms with E-state index < -0.39 is 11.6 Å². The van der Waals surface area contributed by atoms with Gasteiger partial charge in [0.1, 0.15) is 5.82 Å². The molecule has 0 amide bonds. The fraction of sp³-hybridized carbons (Fsp3) is 0.200. The van der Waals surface area contributed by atoms with Gasteiger partial charge in [-0.2, -0.15) is 0 Å². The van der Waals surface area contributed by atoms with Crippen molar-refractivity contribution < 1.29 is 13.2 Å². The lowest BCUT2D eigenvalue weighted by molar-refractivity contribution is 0.501. The van der Waals surface area contributed by atoms with Gasteiger partial charge in [0.25, 0.3) is 0 Å². The van der Waals surface area contributed by atoms with Crippen LogP contribution in [0.5, 0.6) is 0 Å². The van der Waals surface area contributed by atoms with Gasteiger partial charge in [-0.1, -0.05) is 18.2 Å². The van der Waals surface area contributed by atoms with Crippen LogP contribution in [0.4, 0.5) is 13.2 Å². The Balaban J connectivity index is 2.19. The summed E-state index contributed by atoms with van der Waals surface area (Å²) in [4.78, 5) is 0. The number of hydrogen-bond donors (Lipinski definition) is 1. The number of halogens is 3. The summed E-state index contributed by atoms with van der Waals surface area (Å²) >= 11 is 0. The largest absolute Gasteiger partial charge is 0.313 e. The third-order valence-corrected chi connectivity index (χ3v) is 3.05. The van der Waals surface area contributed by atoms with Gasteiger partial charge in [-0.05, 0) is 48.9 Å². The van der Waals surface area contributed by atoms with Crippen molar-refractivity contribution in [1.29, 1.82) is 0 Å². The van der Waals surface area contributed by atoms with Crippen LogP contribution in [-0.4, -0.2) is 7.05 Å². The Morgan fingerprint density at radius 1 is 0.947 bits per heavy atom. The van der Waals surface area contributed by atoms with Crippen LogP contribution in [0, 0.1) is 17.5 Å². The molecule has 2 aromatic carbocycles. The molecule has 1 atom stereocenters. The van der Waals surface area contributed by atoms with Crippen molar-refractivity contribution in [3.63, 3.8) is 0 Å². The fourth-order valence-corrected chi connectivity index (χ4v) is 1.97. The van der Waals surface area contributed by atoms with Crippen molar-refractivity contribution in [2.45, 2.75) is 12.5 Å². The minimum atomic E-state index is -0.864. The van der Waals surface area contributed by atoms with Gasteiger partial charge in [0.15, 0.2) is 11.6 Å². The van der Waals surface area contributed by atoms with Crippen molar-refractivity contribution in [3.8, 4) is 0 Å². The average molecular weight is 265 g/mol. The van der Waals surface area contributed by atoms with Crippen LogP contribution < -0.4 is 5.32 Å². The fourth-order valence-electron chi connectivity index (χ4n) is 1.97. The molecule has 1 nitrogen and oxygen atoms in total. The molecule has 1 unspecified atom stereocenters. The second-order valence-electron chi connectivity index (χ2n) is 4.35. The summed E-state index contributed by atoms with van der Waals surface area (Å²) < 4.78 is 38.9. The molecule has 0 bridgehead atoms. The lowest BCUT2D eigenvalue weighted by Crippen LogP contribution is -2.19. The predicted octanol–water partition coefficient (Wildman–Crippen LogP) is 3.61. The number of benzene rings is 2. The van der Waals surface area contributed by atoms with Gasteiger partial charge < -0.3 is 5.32 Å². The molecule has 19 heavy (non-hydrogen) atoms. The van der Waals surface area contributed by atoms with E-state index in [0.29, 0.717) is 12.0 Å². The molecule has 0 saturated carbocycles. The first-order chi connectivity index (χ1) is 9.10. The van der Waals surface area contributed by atoms with Crippen LogP contribution in [0.1, 0.15) is 17.2 Å². The normalized spacial score (nSPS) is 12.4. The topological polar surface area (TPSA) is 12.0 Å². The predicted molar refractivity (Wildman–Crippen MR) is 68.3 cm³/mol. The molecule has 0 aliphatic carbocycles. The first-order valence-corrected chi connectivity index (χ1v) is 5.97. The molecule has 0 fully saturated rings. The molecule has 4 heteroatoms. The van der Waals surface area contributed by atoms with Crippen molar-refractivity contribution in [2.75, 3.05) is 7.05 Å². The average Bonchev–Trinajstić information content (AvgIpc) is 2.41. The zero-order chi connectivity index (χ0) is 13.8. The summed E-state index contributed by atoms with van der Waals surface area (Å²) in [6.45, 7) is 0. The van der Waals surface area contributed by atoms with Crippen LogP contribution >= 0.6 is 0 Å². The van der Waals surface area contributed by atoms with Crippen molar-refractivity contribution in [1.82, 2.24) is 5.32 Å².